The van der Waals surface area contributed by atoms with Crippen molar-refractivity contribution in [3.8, 4) is 0 Å². The van der Waals surface area contributed by atoms with Crippen molar-refractivity contribution in [2.45, 2.75) is 45.7 Å². The molecule has 1 saturated heterocycles. The minimum absolute atomic E-state index is 0.175. The largest absolute Gasteiger partial charge is 0.352 e. The zero-order chi connectivity index (χ0) is 20.6. The molecule has 1 fully saturated rings. The van der Waals surface area contributed by atoms with Crippen molar-refractivity contribution in [2.24, 2.45) is 0 Å². The standard InChI is InChI=1S/C20H24FN7O/c1-4-5-20(21)6-7-27(12-20)17-9-22-15(8-23-17)19(29)26-16-11-28-10-13(2)24-18(28)14(3)25-16/h8-11H,4-7,12H2,1-3H3,(H,26,29). The lowest BCUT2D eigenvalue weighted by Gasteiger charge is -2.20. The normalized spacial score (nSPS) is 19.1. The van der Waals surface area contributed by atoms with Crippen molar-refractivity contribution in [1.29, 1.82) is 0 Å². The van der Waals surface area contributed by atoms with Gasteiger partial charge < -0.3 is 14.6 Å². The molecule has 0 aliphatic carbocycles. The number of rotatable bonds is 5. The van der Waals surface area contributed by atoms with Crippen LogP contribution in [0.25, 0.3) is 5.65 Å². The quantitative estimate of drug-likeness (QED) is 0.712. The van der Waals surface area contributed by atoms with Gasteiger partial charge in [0.15, 0.2) is 5.65 Å². The Hall–Kier alpha value is -3.10. The van der Waals surface area contributed by atoms with Gasteiger partial charge in [0.2, 0.25) is 0 Å². The van der Waals surface area contributed by atoms with Crippen LogP contribution in [-0.4, -0.2) is 49.0 Å². The first-order valence-electron chi connectivity index (χ1n) is 9.77. The summed E-state index contributed by atoms with van der Waals surface area (Å²) in [4.78, 5) is 31.7. The summed E-state index contributed by atoms with van der Waals surface area (Å²) in [5.41, 5.74) is 1.35. The van der Waals surface area contributed by atoms with E-state index in [2.05, 4.69) is 25.3 Å². The minimum Gasteiger partial charge on any atom is -0.352 e. The molecule has 0 spiro atoms. The van der Waals surface area contributed by atoms with E-state index in [1.807, 2.05) is 36.3 Å². The number of alkyl halides is 1. The first-order valence-corrected chi connectivity index (χ1v) is 9.77. The minimum atomic E-state index is -1.17. The number of fused-ring (bicyclic) bond motifs is 1. The molecular weight excluding hydrogens is 373 g/mol. The molecule has 4 heterocycles. The summed E-state index contributed by atoms with van der Waals surface area (Å²) in [5, 5.41) is 2.74. The van der Waals surface area contributed by atoms with Gasteiger partial charge >= 0.3 is 0 Å². The number of halogens is 1. The van der Waals surface area contributed by atoms with E-state index < -0.39 is 11.6 Å². The predicted molar refractivity (Wildman–Crippen MR) is 108 cm³/mol. The van der Waals surface area contributed by atoms with Crippen molar-refractivity contribution in [3.63, 3.8) is 0 Å². The second kappa shape index (κ2) is 7.38. The van der Waals surface area contributed by atoms with Crippen LogP contribution in [0.3, 0.4) is 0 Å². The van der Waals surface area contributed by atoms with Gasteiger partial charge in [0, 0.05) is 19.2 Å². The van der Waals surface area contributed by atoms with Crippen molar-refractivity contribution in [3.05, 3.63) is 41.9 Å². The van der Waals surface area contributed by atoms with Crippen LogP contribution in [0.15, 0.2) is 24.8 Å². The number of nitrogens with zero attached hydrogens (tertiary/aromatic N) is 6. The number of carbonyl (C=O) groups excluding carboxylic acids is 1. The molecule has 29 heavy (non-hydrogen) atoms. The molecule has 152 valence electrons. The molecule has 3 aromatic heterocycles. The molecule has 1 aliphatic heterocycles. The molecule has 8 nitrogen and oxygen atoms in total. The van der Waals surface area contributed by atoms with Gasteiger partial charge in [-0.05, 0) is 20.3 Å². The van der Waals surface area contributed by atoms with Gasteiger partial charge in [-0.3, -0.25) is 4.79 Å². The molecule has 1 N–H and O–H groups in total. The monoisotopic (exact) mass is 397 g/mol. The lowest BCUT2D eigenvalue weighted by Crippen LogP contribution is -2.29. The number of nitrogens with one attached hydrogen (secondary N) is 1. The van der Waals surface area contributed by atoms with E-state index in [0.717, 1.165) is 17.8 Å². The van der Waals surface area contributed by atoms with E-state index in [1.54, 1.807) is 6.20 Å². The van der Waals surface area contributed by atoms with E-state index >= 15 is 0 Å². The van der Waals surface area contributed by atoms with Gasteiger partial charge in [-0.25, -0.2) is 24.3 Å². The number of aromatic nitrogens is 5. The van der Waals surface area contributed by atoms with Gasteiger partial charge in [-0.1, -0.05) is 13.3 Å². The van der Waals surface area contributed by atoms with Crippen LogP contribution in [0, 0.1) is 13.8 Å². The maximum atomic E-state index is 14.7. The summed E-state index contributed by atoms with van der Waals surface area (Å²) in [7, 11) is 0. The Morgan fingerprint density at radius 1 is 1.24 bits per heavy atom. The Morgan fingerprint density at radius 2 is 2.07 bits per heavy atom. The fourth-order valence-electron chi connectivity index (χ4n) is 3.80. The third kappa shape index (κ3) is 3.90. The number of amides is 1. The lowest BCUT2D eigenvalue weighted by atomic mass is 10.00. The van der Waals surface area contributed by atoms with E-state index in [9.17, 15) is 9.18 Å². The highest BCUT2D eigenvalue weighted by Crippen LogP contribution is 2.32. The SMILES string of the molecule is CCCC1(F)CCN(c2cnc(C(=O)Nc3cn4cc(C)nc4c(C)n3)cn2)C1. The van der Waals surface area contributed by atoms with Crippen molar-refractivity contribution in [2.75, 3.05) is 23.3 Å². The van der Waals surface area contributed by atoms with Gasteiger partial charge in [0.1, 0.15) is 23.0 Å². The van der Waals surface area contributed by atoms with Crippen LogP contribution in [0.4, 0.5) is 16.0 Å². The van der Waals surface area contributed by atoms with Gasteiger partial charge in [0.25, 0.3) is 5.91 Å². The van der Waals surface area contributed by atoms with E-state index in [4.69, 9.17) is 0 Å². The molecule has 0 radical (unpaired) electrons. The van der Waals surface area contributed by atoms with Crippen LogP contribution in [0.5, 0.6) is 0 Å². The van der Waals surface area contributed by atoms with Crippen LogP contribution >= 0.6 is 0 Å². The second-order valence-electron chi connectivity index (χ2n) is 7.61. The molecule has 1 aliphatic rings. The number of hydrogen-bond acceptors (Lipinski definition) is 6. The molecule has 0 aromatic carbocycles. The number of aryl methyl sites for hydroxylation is 2. The maximum absolute atomic E-state index is 14.7. The van der Waals surface area contributed by atoms with Crippen molar-refractivity contribution >= 4 is 23.2 Å². The second-order valence-corrected chi connectivity index (χ2v) is 7.61. The van der Waals surface area contributed by atoms with Gasteiger partial charge in [-0.15, -0.1) is 0 Å². The number of carbonyl (C=O) groups is 1. The molecule has 3 aromatic rings. The molecular formula is C20H24FN7O. The highest BCUT2D eigenvalue weighted by Gasteiger charge is 2.38. The number of anilines is 2. The third-order valence-corrected chi connectivity index (χ3v) is 5.16. The molecule has 0 saturated carbocycles. The Morgan fingerprint density at radius 3 is 2.79 bits per heavy atom. The van der Waals surface area contributed by atoms with Crippen LogP contribution in [-0.2, 0) is 0 Å². The maximum Gasteiger partial charge on any atom is 0.277 e. The molecule has 1 atom stereocenters. The van der Waals surface area contributed by atoms with Gasteiger partial charge in [0.05, 0.1) is 36.5 Å². The van der Waals surface area contributed by atoms with E-state index in [-0.39, 0.29) is 5.69 Å². The molecule has 1 amide bonds. The summed E-state index contributed by atoms with van der Waals surface area (Å²) in [6, 6.07) is 0. The van der Waals surface area contributed by atoms with Gasteiger partial charge in [-0.2, -0.15) is 0 Å². The summed E-state index contributed by atoms with van der Waals surface area (Å²) in [5.74, 6) is 0.588. The predicted octanol–water partition coefficient (Wildman–Crippen LogP) is 3.11. The van der Waals surface area contributed by atoms with E-state index in [1.165, 1.54) is 12.4 Å². The highest BCUT2D eigenvalue weighted by atomic mass is 19.1. The Kier molecular flexibility index (Phi) is 4.89. The zero-order valence-electron chi connectivity index (χ0n) is 16.8. The summed E-state index contributed by atoms with van der Waals surface area (Å²) < 4.78 is 16.5. The Bertz CT molecular complexity index is 1050. The number of imidazole rings is 1. The fourth-order valence-corrected chi connectivity index (χ4v) is 3.80. The van der Waals surface area contributed by atoms with Crippen LogP contribution in [0.1, 0.15) is 48.1 Å². The average molecular weight is 397 g/mol. The van der Waals surface area contributed by atoms with Crippen LogP contribution < -0.4 is 10.2 Å². The third-order valence-electron chi connectivity index (χ3n) is 5.16. The zero-order valence-corrected chi connectivity index (χ0v) is 16.8. The van der Waals surface area contributed by atoms with Crippen molar-refractivity contribution in [1.82, 2.24) is 24.3 Å². The number of hydrogen-bond donors (Lipinski definition) is 1. The molecule has 0 bridgehead atoms. The Labute approximate surface area is 168 Å². The molecule has 1 unspecified atom stereocenters. The average Bonchev–Trinajstić information content (AvgIpc) is 3.25. The summed E-state index contributed by atoms with van der Waals surface area (Å²) >= 11 is 0. The summed E-state index contributed by atoms with van der Waals surface area (Å²) in [6.07, 6.45) is 8.36. The molecule has 4 rings (SSSR count). The first kappa shape index (κ1) is 19.2. The van der Waals surface area contributed by atoms with E-state index in [0.29, 0.717) is 43.3 Å². The Balaban J connectivity index is 1.46. The summed E-state index contributed by atoms with van der Waals surface area (Å²) in [6.45, 7) is 6.64. The van der Waals surface area contributed by atoms with Crippen molar-refractivity contribution < 1.29 is 9.18 Å². The molecule has 9 heteroatoms. The fraction of sp³-hybridized carbons (Fsp3) is 0.450. The topological polar surface area (TPSA) is 88.3 Å². The smallest absolute Gasteiger partial charge is 0.277 e. The lowest BCUT2D eigenvalue weighted by molar-refractivity contribution is 0.102. The highest BCUT2D eigenvalue weighted by molar-refractivity contribution is 6.02. The van der Waals surface area contributed by atoms with Crippen LogP contribution in [0.2, 0.25) is 0 Å². The first-order chi connectivity index (χ1) is 13.9.